The van der Waals surface area contributed by atoms with Crippen molar-refractivity contribution in [1.82, 2.24) is 4.90 Å². The maximum Gasteiger partial charge on any atom is 0.294 e. The van der Waals surface area contributed by atoms with Crippen molar-refractivity contribution in [2.45, 2.75) is 6.61 Å². The molecule has 0 saturated carbocycles. The first-order valence-electron chi connectivity index (χ1n) is 10.6. The molecule has 0 radical (unpaired) electrons. The van der Waals surface area contributed by atoms with Crippen LogP contribution in [0.1, 0.15) is 11.1 Å². The zero-order chi connectivity index (χ0) is 24.8. The van der Waals surface area contributed by atoms with Gasteiger partial charge >= 0.3 is 0 Å². The number of nitrogens with one attached hydrogen (secondary N) is 1. The van der Waals surface area contributed by atoms with Crippen molar-refractivity contribution in [3.05, 3.63) is 94.6 Å². The zero-order valence-corrected chi connectivity index (χ0v) is 19.5. The van der Waals surface area contributed by atoms with Crippen molar-refractivity contribution >= 4 is 40.6 Å². The summed E-state index contributed by atoms with van der Waals surface area (Å²) < 4.78 is 24.9. The van der Waals surface area contributed by atoms with E-state index in [0.717, 1.165) is 16.7 Å². The number of para-hydroxylation sites is 1. The number of benzene rings is 3. The van der Waals surface area contributed by atoms with Crippen molar-refractivity contribution in [3.63, 3.8) is 0 Å². The molecule has 1 aliphatic heterocycles. The van der Waals surface area contributed by atoms with Crippen LogP contribution < -0.4 is 14.8 Å². The summed E-state index contributed by atoms with van der Waals surface area (Å²) in [6.07, 6.45) is 1.54. The van der Waals surface area contributed by atoms with Crippen LogP contribution in [0, 0.1) is 5.82 Å². The van der Waals surface area contributed by atoms with Gasteiger partial charge in [-0.05, 0) is 53.7 Å². The minimum atomic E-state index is -0.554. The minimum absolute atomic E-state index is 0.0202. The number of hydrogen-bond donors (Lipinski definition) is 1. The van der Waals surface area contributed by atoms with E-state index in [2.05, 4.69) is 5.32 Å². The van der Waals surface area contributed by atoms with Gasteiger partial charge in [-0.1, -0.05) is 42.5 Å². The summed E-state index contributed by atoms with van der Waals surface area (Å²) in [4.78, 5) is 38.5. The Morgan fingerprint density at radius 1 is 1.03 bits per heavy atom. The molecule has 0 aromatic heterocycles. The number of imide groups is 1. The lowest BCUT2D eigenvalue weighted by atomic mass is 10.1. The van der Waals surface area contributed by atoms with Gasteiger partial charge in [0.05, 0.1) is 12.0 Å². The number of amides is 3. The topological polar surface area (TPSA) is 84.9 Å². The number of nitrogens with zero attached hydrogens (tertiary/aromatic N) is 1. The molecule has 3 aromatic carbocycles. The van der Waals surface area contributed by atoms with Gasteiger partial charge in [0, 0.05) is 11.3 Å². The number of halogens is 1. The normalized spacial score (nSPS) is 14.3. The Labute approximate surface area is 205 Å². The fourth-order valence-electron chi connectivity index (χ4n) is 3.32. The molecule has 9 heteroatoms. The Morgan fingerprint density at radius 2 is 1.77 bits per heavy atom. The summed E-state index contributed by atoms with van der Waals surface area (Å²) >= 11 is 0.757. The van der Waals surface area contributed by atoms with E-state index in [1.165, 1.54) is 13.2 Å². The second-order valence-electron chi connectivity index (χ2n) is 7.47. The number of hydrogen-bond acceptors (Lipinski definition) is 6. The Kier molecular flexibility index (Phi) is 7.47. The fourth-order valence-corrected chi connectivity index (χ4v) is 4.16. The van der Waals surface area contributed by atoms with Crippen molar-refractivity contribution in [1.29, 1.82) is 0 Å². The number of anilines is 1. The van der Waals surface area contributed by atoms with Crippen LogP contribution in [0.15, 0.2) is 77.7 Å². The van der Waals surface area contributed by atoms with Gasteiger partial charge in [-0.3, -0.25) is 19.3 Å². The lowest BCUT2D eigenvalue weighted by Gasteiger charge is -2.13. The van der Waals surface area contributed by atoms with Gasteiger partial charge in [-0.2, -0.15) is 0 Å². The van der Waals surface area contributed by atoms with Crippen LogP contribution in [0.4, 0.5) is 14.9 Å². The molecule has 0 spiro atoms. The van der Waals surface area contributed by atoms with E-state index in [9.17, 15) is 18.8 Å². The average Bonchev–Trinajstić information content (AvgIpc) is 3.11. The van der Waals surface area contributed by atoms with Crippen LogP contribution in [0.25, 0.3) is 6.08 Å². The highest BCUT2D eigenvalue weighted by Crippen LogP contribution is 2.34. The summed E-state index contributed by atoms with van der Waals surface area (Å²) in [6.45, 7) is -0.366. The summed E-state index contributed by atoms with van der Waals surface area (Å²) in [5, 5.41) is 2.13. The van der Waals surface area contributed by atoms with Crippen LogP contribution >= 0.6 is 11.8 Å². The van der Waals surface area contributed by atoms with Crippen LogP contribution in [0.5, 0.6) is 11.5 Å². The molecule has 4 rings (SSSR count). The third kappa shape index (κ3) is 5.88. The Hall–Kier alpha value is -4.11. The van der Waals surface area contributed by atoms with Gasteiger partial charge in [-0.15, -0.1) is 0 Å². The molecule has 1 fully saturated rings. The average molecular weight is 493 g/mol. The summed E-state index contributed by atoms with van der Waals surface area (Å²) in [5.41, 5.74) is 1.58. The zero-order valence-electron chi connectivity index (χ0n) is 18.7. The highest BCUT2D eigenvalue weighted by molar-refractivity contribution is 8.18. The molecule has 0 atom stereocenters. The Bertz CT molecular complexity index is 1300. The second kappa shape index (κ2) is 10.9. The largest absolute Gasteiger partial charge is 0.493 e. The smallest absolute Gasteiger partial charge is 0.294 e. The molecule has 0 unspecified atom stereocenters. The van der Waals surface area contributed by atoms with Crippen molar-refractivity contribution in [3.8, 4) is 11.5 Å². The van der Waals surface area contributed by atoms with Crippen LogP contribution in [0.2, 0.25) is 0 Å². The molecular formula is C26H21FN2O5S. The van der Waals surface area contributed by atoms with Gasteiger partial charge in [0.1, 0.15) is 19.0 Å². The van der Waals surface area contributed by atoms with Gasteiger partial charge in [0.2, 0.25) is 5.91 Å². The van der Waals surface area contributed by atoms with Gasteiger partial charge in [0.25, 0.3) is 11.1 Å². The van der Waals surface area contributed by atoms with E-state index < -0.39 is 17.1 Å². The van der Waals surface area contributed by atoms with E-state index in [1.807, 2.05) is 6.07 Å². The molecule has 3 aromatic rings. The number of thioether (sulfide) groups is 1. The van der Waals surface area contributed by atoms with E-state index >= 15 is 0 Å². The predicted octanol–water partition coefficient (Wildman–Crippen LogP) is 5.09. The molecule has 7 nitrogen and oxygen atoms in total. The molecule has 0 bridgehead atoms. The lowest BCUT2D eigenvalue weighted by molar-refractivity contribution is -0.127. The molecule has 1 heterocycles. The second-order valence-corrected chi connectivity index (χ2v) is 8.47. The Balaban J connectivity index is 1.44. The fraction of sp³-hybridized carbons (Fsp3) is 0.115. The van der Waals surface area contributed by atoms with Crippen LogP contribution in [-0.2, 0) is 16.2 Å². The third-order valence-electron chi connectivity index (χ3n) is 5.06. The number of carbonyl (C=O) groups excluding carboxylic acids is 3. The van der Waals surface area contributed by atoms with Crippen molar-refractivity contribution < 1.29 is 28.2 Å². The maximum absolute atomic E-state index is 13.8. The van der Waals surface area contributed by atoms with Gasteiger partial charge < -0.3 is 14.8 Å². The highest BCUT2D eigenvalue weighted by atomic mass is 32.2. The predicted molar refractivity (Wildman–Crippen MR) is 131 cm³/mol. The third-order valence-corrected chi connectivity index (χ3v) is 5.97. The first kappa shape index (κ1) is 24.0. The molecule has 178 valence electrons. The molecule has 0 aliphatic carbocycles. The molecule has 1 N–H and O–H groups in total. The Morgan fingerprint density at radius 3 is 2.51 bits per heavy atom. The number of methoxy groups -OCH3 is 1. The van der Waals surface area contributed by atoms with Crippen LogP contribution in [-0.4, -0.2) is 35.6 Å². The van der Waals surface area contributed by atoms with E-state index in [0.29, 0.717) is 28.3 Å². The molecule has 1 saturated heterocycles. The first-order valence-corrected chi connectivity index (χ1v) is 11.4. The quantitative estimate of drug-likeness (QED) is 0.441. The van der Waals surface area contributed by atoms with Gasteiger partial charge in [-0.25, -0.2) is 4.39 Å². The van der Waals surface area contributed by atoms with Crippen molar-refractivity contribution in [2.75, 3.05) is 19.0 Å². The molecule has 35 heavy (non-hydrogen) atoms. The van der Waals surface area contributed by atoms with E-state index in [1.54, 1.807) is 66.7 Å². The standard InChI is InChI=1S/C26H21FN2O5S/c1-33-22-13-17(11-12-21(22)34-16-18-7-5-6-10-20(18)27)14-23-25(31)29(26(32)35-23)15-24(30)28-19-8-3-2-4-9-19/h2-14H,15-16H2,1H3,(H,28,30)/b23-14-. The molecule has 1 aliphatic rings. The monoisotopic (exact) mass is 492 g/mol. The molecule has 3 amide bonds. The number of carbonyl (C=O) groups is 3. The van der Waals surface area contributed by atoms with Gasteiger partial charge in [0.15, 0.2) is 11.5 Å². The molecular weight excluding hydrogens is 471 g/mol. The summed E-state index contributed by atoms with van der Waals surface area (Å²) in [6, 6.07) is 20.1. The minimum Gasteiger partial charge on any atom is -0.493 e. The number of ether oxygens (including phenoxy) is 2. The number of rotatable bonds is 8. The maximum atomic E-state index is 13.8. The SMILES string of the molecule is COc1cc(/C=C2\SC(=O)N(CC(=O)Nc3ccccc3)C2=O)ccc1OCc1ccccc1F. The highest BCUT2D eigenvalue weighted by Gasteiger charge is 2.36. The van der Waals surface area contributed by atoms with E-state index in [4.69, 9.17) is 9.47 Å². The summed E-state index contributed by atoms with van der Waals surface area (Å²) in [5.74, 6) is -0.605. The van der Waals surface area contributed by atoms with Crippen molar-refractivity contribution in [2.24, 2.45) is 0 Å². The van der Waals surface area contributed by atoms with E-state index in [-0.39, 0.29) is 23.9 Å². The first-order chi connectivity index (χ1) is 16.9. The lowest BCUT2D eigenvalue weighted by Crippen LogP contribution is -2.36. The van der Waals surface area contributed by atoms with Crippen LogP contribution in [0.3, 0.4) is 0 Å². The summed E-state index contributed by atoms with van der Waals surface area (Å²) in [7, 11) is 1.47.